The van der Waals surface area contributed by atoms with Crippen LogP contribution in [0, 0.1) is 0 Å². The Bertz CT molecular complexity index is 268. The van der Waals surface area contributed by atoms with Crippen LogP contribution in [0.1, 0.15) is 49.9 Å². The molecule has 1 unspecified atom stereocenters. The summed E-state index contributed by atoms with van der Waals surface area (Å²) in [7, 11) is 0. The lowest BCUT2D eigenvalue weighted by Gasteiger charge is -2.20. The van der Waals surface area contributed by atoms with Crippen LogP contribution < -0.4 is 6.15 Å². The Balaban J connectivity index is 0.000000845. The largest absolute Gasteiger partial charge is 0.385 e. The topological polar surface area (TPSA) is 94.2 Å². The highest BCUT2D eigenvalue weighted by Crippen LogP contribution is 2.35. The second-order valence-corrected chi connectivity index (χ2v) is 3.29. The van der Waals surface area contributed by atoms with Gasteiger partial charge in [0.05, 0.1) is 0 Å². The fourth-order valence-corrected chi connectivity index (χ4v) is 1.24. The second kappa shape index (κ2) is 3.85. The fraction of sp³-hybridized carbons (Fsp3) is 0.750. The predicted molar refractivity (Wildman–Crippen MR) is 46.5 cm³/mol. The zero-order valence-corrected chi connectivity index (χ0v) is 7.73. The van der Waals surface area contributed by atoms with Gasteiger partial charge in [-0.3, -0.25) is 0 Å². The van der Waals surface area contributed by atoms with E-state index < -0.39 is 6.10 Å². The number of hydrogen-bond acceptors (Lipinski definition) is 5. The quantitative estimate of drug-likeness (QED) is 0.729. The van der Waals surface area contributed by atoms with Gasteiger partial charge in [-0.15, -0.1) is 0 Å². The zero-order valence-electron chi connectivity index (χ0n) is 7.73. The molecule has 1 fully saturated rings. The number of aromatic nitrogens is 2. The van der Waals surface area contributed by atoms with Gasteiger partial charge in [-0.05, 0) is 19.8 Å². The summed E-state index contributed by atoms with van der Waals surface area (Å²) in [4.78, 5) is 4.10. The fourth-order valence-electron chi connectivity index (χ4n) is 1.24. The maximum absolute atomic E-state index is 9.12. The number of nitrogens with zero attached hydrogens (tertiary/aromatic N) is 2. The highest BCUT2D eigenvalue weighted by molar-refractivity contribution is 4.99. The van der Waals surface area contributed by atoms with Crippen LogP contribution in [0.5, 0.6) is 0 Å². The molecule has 1 aliphatic carbocycles. The lowest BCUT2D eigenvalue weighted by molar-refractivity contribution is 0.183. The molecule has 0 spiro atoms. The molecule has 0 amide bonds. The molecule has 0 saturated heterocycles. The van der Waals surface area contributed by atoms with Gasteiger partial charge in [-0.25, -0.2) is 0 Å². The van der Waals surface area contributed by atoms with E-state index in [1.807, 2.05) is 0 Å². The Hall–Kier alpha value is -0.940. The van der Waals surface area contributed by atoms with Gasteiger partial charge in [0.15, 0.2) is 5.82 Å². The first kappa shape index (κ1) is 10.1. The van der Waals surface area contributed by atoms with E-state index in [1.54, 1.807) is 6.92 Å². The van der Waals surface area contributed by atoms with Gasteiger partial charge in [-0.2, -0.15) is 4.98 Å². The van der Waals surface area contributed by atoms with Crippen molar-refractivity contribution in [2.24, 2.45) is 0 Å². The molecule has 5 heteroatoms. The van der Waals surface area contributed by atoms with E-state index in [-0.39, 0.29) is 6.15 Å². The molecule has 1 aromatic heterocycles. The van der Waals surface area contributed by atoms with Crippen molar-refractivity contribution in [1.29, 1.82) is 0 Å². The third-order valence-electron chi connectivity index (χ3n) is 2.29. The van der Waals surface area contributed by atoms with Crippen molar-refractivity contribution < 1.29 is 9.63 Å². The first-order valence-electron chi connectivity index (χ1n) is 4.29. The summed E-state index contributed by atoms with van der Waals surface area (Å²) in [6.45, 7) is 1.63. The molecule has 1 aromatic rings. The Morgan fingerprint density at radius 3 is 2.62 bits per heavy atom. The minimum atomic E-state index is -0.623. The summed E-state index contributed by atoms with van der Waals surface area (Å²) in [5.41, 5.74) is 0. The van der Waals surface area contributed by atoms with Gasteiger partial charge in [0, 0.05) is 5.92 Å². The standard InChI is InChI=1S/C8H12N2O2.H3N/c1-5(11)7-9-8(12-10-7)6-3-2-4-6;/h5-6,11H,2-4H2,1H3;1H3. The van der Waals surface area contributed by atoms with Gasteiger partial charge in [0.25, 0.3) is 0 Å². The summed E-state index contributed by atoms with van der Waals surface area (Å²) in [5, 5.41) is 12.8. The molecule has 1 aliphatic rings. The normalized spacial score (nSPS) is 18.9. The summed E-state index contributed by atoms with van der Waals surface area (Å²) >= 11 is 0. The van der Waals surface area contributed by atoms with Crippen LogP contribution >= 0.6 is 0 Å². The number of hydrogen-bond donors (Lipinski definition) is 2. The molecule has 4 N–H and O–H groups in total. The van der Waals surface area contributed by atoms with Crippen LogP contribution in [0.25, 0.3) is 0 Å². The monoisotopic (exact) mass is 185 g/mol. The minimum Gasteiger partial charge on any atom is -0.385 e. The number of rotatable bonds is 2. The van der Waals surface area contributed by atoms with Gasteiger partial charge < -0.3 is 15.8 Å². The van der Waals surface area contributed by atoms with Gasteiger partial charge in [-0.1, -0.05) is 11.6 Å². The maximum Gasteiger partial charge on any atom is 0.229 e. The van der Waals surface area contributed by atoms with E-state index in [4.69, 9.17) is 9.63 Å². The average Bonchev–Trinajstić information content (AvgIpc) is 2.32. The van der Waals surface area contributed by atoms with Crippen molar-refractivity contribution in [3.05, 3.63) is 11.7 Å². The summed E-state index contributed by atoms with van der Waals surface area (Å²) in [5.74, 6) is 1.54. The van der Waals surface area contributed by atoms with Gasteiger partial charge in [0.1, 0.15) is 6.10 Å². The molecule has 13 heavy (non-hydrogen) atoms. The van der Waals surface area contributed by atoms with E-state index in [2.05, 4.69) is 10.1 Å². The molecule has 1 heterocycles. The minimum absolute atomic E-state index is 0. The SMILES string of the molecule is CC(O)c1noc(C2CCC2)n1.N. The van der Waals surface area contributed by atoms with E-state index >= 15 is 0 Å². The van der Waals surface area contributed by atoms with E-state index in [0.717, 1.165) is 12.8 Å². The predicted octanol–water partition coefficient (Wildman–Crippen LogP) is 1.55. The molecule has 5 nitrogen and oxygen atoms in total. The molecule has 1 saturated carbocycles. The van der Waals surface area contributed by atoms with E-state index in [9.17, 15) is 0 Å². The summed E-state index contributed by atoms with van der Waals surface area (Å²) < 4.78 is 5.01. The van der Waals surface area contributed by atoms with Crippen LogP contribution in [0.3, 0.4) is 0 Å². The number of aliphatic hydroxyl groups is 1. The van der Waals surface area contributed by atoms with Crippen molar-refractivity contribution in [2.75, 3.05) is 0 Å². The third kappa shape index (κ3) is 1.87. The van der Waals surface area contributed by atoms with Gasteiger partial charge >= 0.3 is 0 Å². The first-order chi connectivity index (χ1) is 5.77. The lowest BCUT2D eigenvalue weighted by Crippen LogP contribution is -2.09. The molecule has 0 aliphatic heterocycles. The van der Waals surface area contributed by atoms with E-state index in [0.29, 0.717) is 17.6 Å². The molecule has 0 aromatic carbocycles. The Morgan fingerprint density at radius 2 is 2.23 bits per heavy atom. The molecular formula is C8H15N3O2. The highest BCUT2D eigenvalue weighted by Gasteiger charge is 2.25. The van der Waals surface area contributed by atoms with Crippen molar-refractivity contribution in [3.63, 3.8) is 0 Å². The number of aliphatic hydroxyl groups excluding tert-OH is 1. The van der Waals surface area contributed by atoms with Gasteiger partial charge in [0.2, 0.25) is 5.89 Å². The zero-order chi connectivity index (χ0) is 8.55. The van der Waals surface area contributed by atoms with Crippen molar-refractivity contribution in [2.45, 2.75) is 38.2 Å². The van der Waals surface area contributed by atoms with Crippen molar-refractivity contribution >= 4 is 0 Å². The molecule has 1 atom stereocenters. The van der Waals surface area contributed by atoms with Crippen LogP contribution in [0.4, 0.5) is 0 Å². The molecule has 0 bridgehead atoms. The average molecular weight is 185 g/mol. The van der Waals surface area contributed by atoms with Crippen LogP contribution in [0.2, 0.25) is 0 Å². The van der Waals surface area contributed by atoms with Crippen LogP contribution in [0.15, 0.2) is 4.52 Å². The first-order valence-corrected chi connectivity index (χ1v) is 4.29. The molecule has 2 rings (SSSR count). The van der Waals surface area contributed by atoms with Crippen molar-refractivity contribution in [3.8, 4) is 0 Å². The van der Waals surface area contributed by atoms with E-state index in [1.165, 1.54) is 6.42 Å². The Kier molecular flexibility index (Phi) is 3.00. The second-order valence-electron chi connectivity index (χ2n) is 3.29. The Morgan fingerprint density at radius 1 is 1.54 bits per heavy atom. The third-order valence-corrected chi connectivity index (χ3v) is 2.29. The summed E-state index contributed by atoms with van der Waals surface area (Å²) in [6, 6.07) is 0. The van der Waals surface area contributed by atoms with Crippen LogP contribution in [-0.4, -0.2) is 15.2 Å². The highest BCUT2D eigenvalue weighted by atomic mass is 16.5. The van der Waals surface area contributed by atoms with Crippen molar-refractivity contribution in [1.82, 2.24) is 16.3 Å². The molecular weight excluding hydrogens is 170 g/mol. The Labute approximate surface area is 76.7 Å². The van der Waals surface area contributed by atoms with Crippen LogP contribution in [-0.2, 0) is 0 Å². The summed E-state index contributed by atoms with van der Waals surface area (Å²) in [6.07, 6.45) is 2.91. The molecule has 74 valence electrons. The lowest BCUT2D eigenvalue weighted by atomic mass is 9.85. The maximum atomic E-state index is 9.12. The smallest absolute Gasteiger partial charge is 0.229 e. The molecule has 0 radical (unpaired) electrons.